The first-order chi connectivity index (χ1) is 12.2. The van der Waals surface area contributed by atoms with Crippen molar-refractivity contribution >= 4 is 23.2 Å². The minimum Gasteiger partial charge on any atom is -0.467 e. The summed E-state index contributed by atoms with van der Waals surface area (Å²) in [4.78, 5) is 24.2. The number of hydrogen-bond donors (Lipinski definition) is 2. The second-order valence-electron chi connectivity index (χ2n) is 5.44. The molecule has 3 rings (SSSR count). The third kappa shape index (κ3) is 4.58. The lowest BCUT2D eigenvalue weighted by Crippen LogP contribution is -2.33. The summed E-state index contributed by atoms with van der Waals surface area (Å²) in [5.41, 5.74) is 1.55. The molecule has 0 aliphatic rings. The molecule has 6 heteroatoms. The standard InChI is InChI=1S/C19H18N2O3S/c22-17(8-10-20-19(23)15-9-12-25-13-15)21-18(16-7-4-11-24-16)14-5-2-1-3-6-14/h1-7,9,11-13,18H,8,10H2,(H,20,23)(H,21,22). The Bertz CT molecular complexity index is 799. The highest BCUT2D eigenvalue weighted by Crippen LogP contribution is 2.22. The van der Waals surface area contributed by atoms with Crippen LogP contribution in [-0.2, 0) is 4.79 Å². The topological polar surface area (TPSA) is 71.3 Å². The lowest BCUT2D eigenvalue weighted by Gasteiger charge is -2.17. The first kappa shape index (κ1) is 17.0. The molecule has 25 heavy (non-hydrogen) atoms. The van der Waals surface area contributed by atoms with Crippen LogP contribution in [-0.4, -0.2) is 18.4 Å². The molecule has 0 aliphatic heterocycles. The Morgan fingerprint density at radius 2 is 1.92 bits per heavy atom. The van der Waals surface area contributed by atoms with E-state index in [1.807, 2.05) is 41.8 Å². The molecule has 2 amide bonds. The number of furan rings is 1. The van der Waals surface area contributed by atoms with Gasteiger partial charge in [0.2, 0.25) is 5.91 Å². The average Bonchev–Trinajstić information content (AvgIpc) is 3.34. The van der Waals surface area contributed by atoms with Crippen molar-refractivity contribution in [2.24, 2.45) is 0 Å². The zero-order chi connectivity index (χ0) is 17.5. The summed E-state index contributed by atoms with van der Waals surface area (Å²) in [6.45, 7) is 0.278. The Balaban J connectivity index is 1.57. The van der Waals surface area contributed by atoms with Crippen molar-refractivity contribution in [2.75, 3.05) is 6.54 Å². The van der Waals surface area contributed by atoms with Gasteiger partial charge in [0.15, 0.2) is 0 Å². The quantitative estimate of drug-likeness (QED) is 0.683. The van der Waals surface area contributed by atoms with Crippen LogP contribution >= 0.6 is 11.3 Å². The highest BCUT2D eigenvalue weighted by Gasteiger charge is 2.19. The molecule has 1 aromatic carbocycles. The number of nitrogens with one attached hydrogen (secondary N) is 2. The normalized spacial score (nSPS) is 11.7. The van der Waals surface area contributed by atoms with Crippen molar-refractivity contribution in [3.63, 3.8) is 0 Å². The van der Waals surface area contributed by atoms with Gasteiger partial charge in [-0.1, -0.05) is 30.3 Å². The average molecular weight is 354 g/mol. The molecule has 0 aliphatic carbocycles. The van der Waals surface area contributed by atoms with E-state index in [2.05, 4.69) is 10.6 Å². The fourth-order valence-electron chi connectivity index (χ4n) is 2.44. The summed E-state index contributed by atoms with van der Waals surface area (Å²) in [6, 6.07) is 14.6. The van der Waals surface area contributed by atoms with Crippen LogP contribution < -0.4 is 10.6 Å². The summed E-state index contributed by atoms with van der Waals surface area (Å²) in [5.74, 6) is 0.345. The molecule has 3 aromatic rings. The van der Waals surface area contributed by atoms with Crippen LogP contribution in [0.1, 0.15) is 34.1 Å². The van der Waals surface area contributed by atoms with Gasteiger partial charge in [-0.15, -0.1) is 0 Å². The predicted molar refractivity (Wildman–Crippen MR) is 96.4 cm³/mol. The molecule has 0 bridgehead atoms. The van der Waals surface area contributed by atoms with E-state index in [0.29, 0.717) is 11.3 Å². The van der Waals surface area contributed by atoms with Crippen molar-refractivity contribution in [3.8, 4) is 0 Å². The third-order valence-electron chi connectivity index (χ3n) is 3.69. The maximum absolute atomic E-state index is 12.3. The number of carbonyl (C=O) groups is 2. The van der Waals surface area contributed by atoms with E-state index in [9.17, 15) is 9.59 Å². The second kappa shape index (κ2) is 8.30. The van der Waals surface area contributed by atoms with Crippen LogP contribution in [0.25, 0.3) is 0 Å². The van der Waals surface area contributed by atoms with Crippen LogP contribution in [0.15, 0.2) is 70.0 Å². The zero-order valence-corrected chi connectivity index (χ0v) is 14.3. The molecule has 2 aromatic heterocycles. The minimum atomic E-state index is -0.351. The van der Waals surface area contributed by atoms with Crippen molar-refractivity contribution in [3.05, 3.63) is 82.4 Å². The van der Waals surface area contributed by atoms with Crippen molar-refractivity contribution in [1.82, 2.24) is 10.6 Å². The maximum Gasteiger partial charge on any atom is 0.252 e. The van der Waals surface area contributed by atoms with E-state index < -0.39 is 0 Å². The van der Waals surface area contributed by atoms with Gasteiger partial charge in [-0.3, -0.25) is 9.59 Å². The molecule has 128 valence electrons. The van der Waals surface area contributed by atoms with Crippen LogP contribution in [0.3, 0.4) is 0 Å². The monoisotopic (exact) mass is 354 g/mol. The van der Waals surface area contributed by atoms with Gasteiger partial charge in [0.1, 0.15) is 11.8 Å². The number of thiophene rings is 1. The van der Waals surface area contributed by atoms with Crippen LogP contribution in [0.4, 0.5) is 0 Å². The zero-order valence-electron chi connectivity index (χ0n) is 13.5. The fourth-order valence-corrected chi connectivity index (χ4v) is 3.07. The van der Waals surface area contributed by atoms with Gasteiger partial charge in [-0.05, 0) is 29.1 Å². The van der Waals surface area contributed by atoms with Gasteiger partial charge in [0.05, 0.1) is 6.26 Å². The Morgan fingerprint density at radius 3 is 2.60 bits per heavy atom. The molecule has 0 saturated heterocycles. The predicted octanol–water partition coefficient (Wildman–Crippen LogP) is 3.37. The van der Waals surface area contributed by atoms with E-state index in [1.54, 1.807) is 23.8 Å². The Hall–Kier alpha value is -2.86. The van der Waals surface area contributed by atoms with E-state index >= 15 is 0 Å². The Labute approximate surface area is 149 Å². The maximum atomic E-state index is 12.3. The van der Waals surface area contributed by atoms with Gasteiger partial charge < -0.3 is 15.1 Å². The molecule has 2 heterocycles. The van der Waals surface area contributed by atoms with Gasteiger partial charge >= 0.3 is 0 Å². The van der Waals surface area contributed by atoms with Crippen molar-refractivity contribution < 1.29 is 14.0 Å². The van der Waals surface area contributed by atoms with E-state index in [1.165, 1.54) is 11.3 Å². The van der Waals surface area contributed by atoms with Crippen LogP contribution in [0.5, 0.6) is 0 Å². The molecule has 0 saturated carbocycles. The van der Waals surface area contributed by atoms with Gasteiger partial charge in [0.25, 0.3) is 5.91 Å². The van der Waals surface area contributed by atoms with Crippen molar-refractivity contribution in [1.29, 1.82) is 0 Å². The molecular formula is C19H18N2O3S. The summed E-state index contributed by atoms with van der Waals surface area (Å²) < 4.78 is 5.46. The molecule has 5 nitrogen and oxygen atoms in total. The second-order valence-corrected chi connectivity index (χ2v) is 6.22. The summed E-state index contributed by atoms with van der Waals surface area (Å²) >= 11 is 1.46. The summed E-state index contributed by atoms with van der Waals surface area (Å²) in [6.07, 6.45) is 1.78. The van der Waals surface area contributed by atoms with E-state index in [4.69, 9.17) is 4.42 Å². The van der Waals surface area contributed by atoms with Crippen LogP contribution in [0, 0.1) is 0 Å². The lowest BCUT2D eigenvalue weighted by molar-refractivity contribution is -0.121. The van der Waals surface area contributed by atoms with Gasteiger partial charge in [0, 0.05) is 23.9 Å². The number of carbonyl (C=O) groups excluding carboxylic acids is 2. The lowest BCUT2D eigenvalue weighted by atomic mass is 10.0. The third-order valence-corrected chi connectivity index (χ3v) is 4.37. The molecule has 0 spiro atoms. The van der Waals surface area contributed by atoms with E-state index in [-0.39, 0.29) is 30.8 Å². The number of amides is 2. The van der Waals surface area contributed by atoms with Crippen LogP contribution in [0.2, 0.25) is 0 Å². The molecule has 1 unspecified atom stereocenters. The first-order valence-corrected chi connectivity index (χ1v) is 8.86. The number of benzene rings is 1. The highest BCUT2D eigenvalue weighted by atomic mass is 32.1. The molecule has 0 radical (unpaired) electrons. The largest absolute Gasteiger partial charge is 0.467 e. The molecule has 1 atom stereocenters. The molecular weight excluding hydrogens is 336 g/mol. The van der Waals surface area contributed by atoms with E-state index in [0.717, 1.165) is 5.56 Å². The number of rotatable bonds is 7. The van der Waals surface area contributed by atoms with Gasteiger partial charge in [-0.25, -0.2) is 0 Å². The summed E-state index contributed by atoms with van der Waals surface area (Å²) in [5, 5.41) is 9.33. The first-order valence-electron chi connectivity index (χ1n) is 7.92. The Kier molecular flexibility index (Phi) is 5.64. The number of hydrogen-bond acceptors (Lipinski definition) is 4. The fraction of sp³-hybridized carbons (Fsp3) is 0.158. The summed E-state index contributed by atoms with van der Waals surface area (Å²) in [7, 11) is 0. The SMILES string of the molecule is O=C(CCNC(=O)c1ccsc1)NC(c1ccccc1)c1ccco1. The molecule has 2 N–H and O–H groups in total. The Morgan fingerprint density at radius 1 is 1.08 bits per heavy atom. The van der Waals surface area contributed by atoms with Crippen molar-refractivity contribution in [2.45, 2.75) is 12.5 Å². The van der Waals surface area contributed by atoms with Gasteiger partial charge in [-0.2, -0.15) is 11.3 Å². The minimum absolute atomic E-state index is 0.157. The molecule has 0 fully saturated rings. The smallest absolute Gasteiger partial charge is 0.252 e. The highest BCUT2D eigenvalue weighted by molar-refractivity contribution is 7.08.